The van der Waals surface area contributed by atoms with Crippen molar-refractivity contribution in [3.05, 3.63) is 62.8 Å². The summed E-state index contributed by atoms with van der Waals surface area (Å²) in [6.07, 6.45) is 2.26. The molecule has 1 amide bonds. The first-order valence-electron chi connectivity index (χ1n) is 12.5. The number of hydrogen-bond donors (Lipinski definition) is 1. The molecule has 1 aliphatic heterocycles. The van der Waals surface area contributed by atoms with Gasteiger partial charge in [-0.3, -0.25) is 24.6 Å². The largest absolute Gasteiger partial charge is 0.481 e. The van der Waals surface area contributed by atoms with Crippen LogP contribution in [0.3, 0.4) is 0 Å². The van der Waals surface area contributed by atoms with E-state index in [-0.39, 0.29) is 23.9 Å². The molecular weight excluding hydrogens is 490 g/mol. The van der Waals surface area contributed by atoms with Gasteiger partial charge in [-0.1, -0.05) is 46.5 Å². The van der Waals surface area contributed by atoms with E-state index in [2.05, 4.69) is 24.6 Å². The van der Waals surface area contributed by atoms with Crippen LogP contribution in [0.1, 0.15) is 48.9 Å². The van der Waals surface area contributed by atoms with Crippen LogP contribution in [0.15, 0.2) is 30.5 Å². The summed E-state index contributed by atoms with van der Waals surface area (Å²) in [4.78, 5) is 43.7. The van der Waals surface area contributed by atoms with Crippen LogP contribution in [0, 0.1) is 15.5 Å². The number of nitro benzene ring substituents is 1. The number of carboxylic acids is 1. The number of ether oxygens (including phenoxy) is 1. The molecule has 1 spiro atoms. The van der Waals surface area contributed by atoms with E-state index in [4.69, 9.17) is 4.74 Å². The third kappa shape index (κ3) is 4.92. The molecule has 0 fully saturated rings. The number of carboxylic acid groups (broad SMARTS) is 1. The Morgan fingerprint density at radius 3 is 2.49 bits per heavy atom. The first-order chi connectivity index (χ1) is 17.2. The van der Waals surface area contributed by atoms with E-state index in [1.807, 2.05) is 6.07 Å². The summed E-state index contributed by atoms with van der Waals surface area (Å²) in [7, 11) is -1.29. The van der Waals surface area contributed by atoms with E-state index in [1.54, 1.807) is 44.0 Å². The van der Waals surface area contributed by atoms with Gasteiger partial charge in [-0.05, 0) is 47.6 Å². The highest BCUT2D eigenvalue weighted by atomic mass is 28.3. The number of amides is 1. The fourth-order valence-corrected chi connectivity index (χ4v) is 6.30. The zero-order chi connectivity index (χ0) is 27.3. The quantitative estimate of drug-likeness (QED) is 0.225. The highest BCUT2D eigenvalue weighted by Crippen LogP contribution is 2.51. The first-order valence-corrected chi connectivity index (χ1v) is 16.2. The van der Waals surface area contributed by atoms with Crippen molar-refractivity contribution in [1.82, 2.24) is 4.98 Å². The second-order valence-electron chi connectivity index (χ2n) is 12.5. The number of rotatable bonds is 8. The van der Waals surface area contributed by atoms with Crippen molar-refractivity contribution >= 4 is 31.5 Å². The zero-order valence-electron chi connectivity index (χ0n) is 22.3. The topological polar surface area (TPSA) is 123 Å². The molecule has 2 atom stereocenters. The van der Waals surface area contributed by atoms with Gasteiger partial charge in [-0.15, -0.1) is 0 Å². The number of carbonyl (C=O) groups is 2. The molecule has 2 heterocycles. The molecule has 0 saturated carbocycles. The van der Waals surface area contributed by atoms with Crippen LogP contribution < -0.4 is 4.90 Å². The zero-order valence-corrected chi connectivity index (χ0v) is 23.3. The molecule has 0 bridgehead atoms. The maximum atomic E-state index is 13.9. The number of fused-ring (bicyclic) bond motifs is 3. The predicted octanol–water partition coefficient (Wildman–Crippen LogP) is 4.90. The number of aromatic nitrogens is 1. The number of nitro groups is 1. The molecule has 2 aliphatic rings. The Bertz CT molecular complexity index is 1270. The van der Waals surface area contributed by atoms with Crippen molar-refractivity contribution in [2.75, 3.05) is 18.2 Å². The lowest BCUT2D eigenvalue weighted by Crippen LogP contribution is -2.42. The lowest BCUT2D eigenvalue weighted by Gasteiger charge is -2.27. The van der Waals surface area contributed by atoms with Gasteiger partial charge in [-0.25, -0.2) is 4.98 Å². The average Bonchev–Trinajstić information content (AvgIpc) is 3.25. The van der Waals surface area contributed by atoms with Crippen molar-refractivity contribution in [1.29, 1.82) is 0 Å². The molecule has 10 heteroatoms. The van der Waals surface area contributed by atoms with E-state index >= 15 is 0 Å². The van der Waals surface area contributed by atoms with Crippen LogP contribution in [-0.2, 0) is 32.6 Å². The van der Waals surface area contributed by atoms with Crippen molar-refractivity contribution in [2.24, 2.45) is 5.41 Å². The molecule has 0 radical (unpaired) electrons. The van der Waals surface area contributed by atoms with Crippen LogP contribution in [0.25, 0.3) is 0 Å². The molecular formula is C27H35N3O6Si. The fourth-order valence-electron chi connectivity index (χ4n) is 5.55. The smallest absolute Gasteiger partial charge is 0.311 e. The van der Waals surface area contributed by atoms with E-state index in [9.17, 15) is 24.8 Å². The fraction of sp³-hybridized carbons (Fsp3) is 0.519. The molecule has 2 aromatic rings. The van der Waals surface area contributed by atoms with Crippen LogP contribution in [-0.4, -0.2) is 48.3 Å². The second-order valence-corrected chi connectivity index (χ2v) is 18.1. The maximum Gasteiger partial charge on any atom is 0.311 e. The third-order valence-corrected chi connectivity index (χ3v) is 9.09. The van der Waals surface area contributed by atoms with Crippen LogP contribution in [0.4, 0.5) is 11.5 Å². The second kappa shape index (κ2) is 9.32. The molecule has 1 unspecified atom stereocenters. The van der Waals surface area contributed by atoms with Gasteiger partial charge in [0.05, 0.1) is 16.3 Å². The van der Waals surface area contributed by atoms with Crippen molar-refractivity contribution in [3.63, 3.8) is 0 Å². The van der Waals surface area contributed by atoms with Crippen molar-refractivity contribution < 1.29 is 24.4 Å². The lowest BCUT2D eigenvalue weighted by atomic mass is 9.75. The Labute approximate surface area is 218 Å². The minimum Gasteiger partial charge on any atom is -0.481 e. The molecule has 4 rings (SSSR count). The minimum absolute atomic E-state index is 0.0991. The van der Waals surface area contributed by atoms with Crippen molar-refractivity contribution in [3.8, 4) is 0 Å². The van der Waals surface area contributed by atoms with E-state index in [0.29, 0.717) is 30.8 Å². The summed E-state index contributed by atoms with van der Waals surface area (Å²) in [5.74, 6) is -1.77. The number of anilines is 1. The third-order valence-electron chi connectivity index (χ3n) is 7.38. The molecule has 1 aromatic carbocycles. The summed E-state index contributed by atoms with van der Waals surface area (Å²) < 4.78 is 5.91. The minimum atomic E-state index is -1.29. The number of hydrogen-bond acceptors (Lipinski definition) is 6. The summed E-state index contributed by atoms with van der Waals surface area (Å²) >= 11 is 0. The summed E-state index contributed by atoms with van der Waals surface area (Å²) in [6.45, 7) is 12.7. The molecule has 0 saturated heterocycles. The van der Waals surface area contributed by atoms with Gasteiger partial charge in [0.15, 0.2) is 0 Å². The van der Waals surface area contributed by atoms with Crippen LogP contribution >= 0.6 is 0 Å². The molecule has 9 nitrogen and oxygen atoms in total. The normalized spacial score (nSPS) is 19.7. The Hall–Kier alpha value is -3.11. The standard InChI is InChI=1S/C27H35N3O6Si/c1-26(2,3)22(24(31)32)19-12-17-14-27(15-18(17)13-21(19)30(34)35)20-8-7-9-28-23(20)29(25(27)33)16-36-10-11-37(4,5)6/h7-9,12-13,22H,10-11,14-16H2,1-6H3,(H,31,32)/t22?,27-/m0/s1. The van der Waals surface area contributed by atoms with Crippen molar-refractivity contribution in [2.45, 2.75) is 70.6 Å². The van der Waals surface area contributed by atoms with Gasteiger partial charge < -0.3 is 9.84 Å². The molecule has 198 valence electrons. The van der Waals surface area contributed by atoms with Gasteiger partial charge in [0.1, 0.15) is 12.5 Å². The van der Waals surface area contributed by atoms with E-state index < -0.39 is 35.7 Å². The van der Waals surface area contributed by atoms with E-state index in [0.717, 1.165) is 17.2 Å². The number of nitrogens with zero attached hydrogens (tertiary/aromatic N) is 3. The number of aliphatic carboxylic acids is 1. The Morgan fingerprint density at radius 1 is 1.27 bits per heavy atom. The Kier molecular flexibility index (Phi) is 6.79. The summed E-state index contributed by atoms with van der Waals surface area (Å²) in [5, 5.41) is 22.0. The van der Waals surface area contributed by atoms with Crippen LogP contribution in [0.2, 0.25) is 25.7 Å². The van der Waals surface area contributed by atoms with Gasteiger partial charge in [0.2, 0.25) is 5.91 Å². The highest BCUT2D eigenvalue weighted by molar-refractivity contribution is 6.76. The average molecular weight is 526 g/mol. The highest BCUT2D eigenvalue weighted by Gasteiger charge is 2.55. The lowest BCUT2D eigenvalue weighted by molar-refractivity contribution is -0.385. The monoisotopic (exact) mass is 525 g/mol. The van der Waals surface area contributed by atoms with Gasteiger partial charge in [-0.2, -0.15) is 0 Å². The molecule has 37 heavy (non-hydrogen) atoms. The van der Waals surface area contributed by atoms with Gasteiger partial charge >= 0.3 is 5.97 Å². The number of pyridine rings is 1. The summed E-state index contributed by atoms with van der Waals surface area (Å²) in [6, 6.07) is 7.77. The Balaban J connectivity index is 1.72. The predicted molar refractivity (Wildman–Crippen MR) is 143 cm³/mol. The molecule has 1 N–H and O–H groups in total. The molecule has 1 aromatic heterocycles. The van der Waals surface area contributed by atoms with Gasteiger partial charge in [0.25, 0.3) is 5.69 Å². The number of benzene rings is 1. The molecule has 1 aliphatic carbocycles. The van der Waals surface area contributed by atoms with Gasteiger partial charge in [0, 0.05) is 38.1 Å². The first kappa shape index (κ1) is 26.9. The van der Waals surface area contributed by atoms with Crippen LogP contribution in [0.5, 0.6) is 0 Å². The Morgan fingerprint density at radius 2 is 1.92 bits per heavy atom. The number of carbonyl (C=O) groups excluding carboxylic acids is 1. The maximum absolute atomic E-state index is 13.9. The summed E-state index contributed by atoms with van der Waals surface area (Å²) in [5.41, 5.74) is 0.496. The van der Waals surface area contributed by atoms with E-state index in [1.165, 1.54) is 6.07 Å². The SMILES string of the molecule is CC(C)(C)C(C(=O)O)c1cc2c(cc1[N+](=O)[O-])C[C@]1(C2)C(=O)N(COCC[Si](C)(C)C)c2ncccc21.